The van der Waals surface area contributed by atoms with E-state index < -0.39 is 0 Å². The Labute approximate surface area is 169 Å². The molecule has 0 bridgehead atoms. The lowest BCUT2D eigenvalue weighted by molar-refractivity contribution is 0.0921. The van der Waals surface area contributed by atoms with E-state index in [0.717, 1.165) is 35.8 Å². The first-order valence-corrected chi connectivity index (χ1v) is 9.46. The molecular weight excluding hydrogens is 411 g/mol. The Balaban J connectivity index is 1.61. The Morgan fingerprint density at radius 2 is 1.78 bits per heavy atom. The summed E-state index contributed by atoms with van der Waals surface area (Å²) in [6, 6.07) is 7.89. The van der Waals surface area contributed by atoms with E-state index in [1.165, 1.54) is 6.07 Å². The molecule has 0 radical (unpaired) electrons. The summed E-state index contributed by atoms with van der Waals surface area (Å²) in [7, 11) is 0. The molecule has 1 aliphatic carbocycles. The second kappa shape index (κ2) is 7.19. The molecule has 0 aliphatic heterocycles. The van der Waals surface area contributed by atoms with Gasteiger partial charge >= 0.3 is 5.63 Å². The number of benzene rings is 2. The highest BCUT2D eigenvalue weighted by Gasteiger charge is 2.21. The molecule has 0 fully saturated rings. The van der Waals surface area contributed by atoms with Crippen molar-refractivity contribution >= 4 is 51.6 Å². The Hall–Kier alpha value is -2.01. The Kier molecular flexibility index (Phi) is 4.89. The highest BCUT2D eigenvalue weighted by Crippen LogP contribution is 2.34. The quantitative estimate of drug-likeness (QED) is 0.410. The summed E-state index contributed by atoms with van der Waals surface area (Å²) in [6.07, 6.45) is 2.47. The normalized spacial score (nSPS) is 13.0. The third-order valence-corrected chi connectivity index (χ3v) is 5.66. The average Bonchev–Trinajstić information content (AvgIpc) is 3.13. The van der Waals surface area contributed by atoms with Crippen LogP contribution in [0.4, 0.5) is 0 Å². The minimum Gasteiger partial charge on any atom is -0.484 e. The van der Waals surface area contributed by atoms with E-state index in [1.54, 1.807) is 24.3 Å². The van der Waals surface area contributed by atoms with Gasteiger partial charge in [-0.1, -0.05) is 34.8 Å². The van der Waals surface area contributed by atoms with Crippen molar-refractivity contribution < 1.29 is 13.9 Å². The Bertz CT molecular complexity index is 1130. The molecule has 4 nitrogen and oxygen atoms in total. The van der Waals surface area contributed by atoms with E-state index >= 15 is 0 Å². The van der Waals surface area contributed by atoms with Crippen LogP contribution < -0.4 is 10.4 Å². The van der Waals surface area contributed by atoms with Crippen LogP contribution in [-0.4, -0.2) is 12.4 Å². The van der Waals surface area contributed by atoms with Crippen LogP contribution in [0.15, 0.2) is 39.5 Å². The molecule has 2 aromatic carbocycles. The first-order chi connectivity index (χ1) is 12.9. The van der Waals surface area contributed by atoms with Crippen molar-refractivity contribution in [2.45, 2.75) is 19.3 Å². The van der Waals surface area contributed by atoms with Gasteiger partial charge in [-0.2, -0.15) is 0 Å². The average molecular weight is 424 g/mol. The third-order valence-electron chi connectivity index (χ3n) is 4.63. The van der Waals surface area contributed by atoms with Crippen molar-refractivity contribution in [1.29, 1.82) is 0 Å². The summed E-state index contributed by atoms with van der Waals surface area (Å²) in [5.74, 6) is -0.00110. The number of ether oxygens (including phenoxy) is 1. The molecule has 0 N–H and O–H groups in total. The van der Waals surface area contributed by atoms with E-state index in [1.807, 2.05) is 0 Å². The summed E-state index contributed by atoms with van der Waals surface area (Å²) in [5.41, 5.74) is 2.17. The molecule has 27 heavy (non-hydrogen) atoms. The fourth-order valence-corrected chi connectivity index (χ4v) is 3.81. The molecule has 0 spiro atoms. The van der Waals surface area contributed by atoms with Crippen molar-refractivity contribution in [2.24, 2.45) is 0 Å². The molecule has 0 atom stereocenters. The summed E-state index contributed by atoms with van der Waals surface area (Å²) in [6.45, 7) is -0.238. The van der Waals surface area contributed by atoms with Gasteiger partial charge in [-0.05, 0) is 49.1 Å². The molecule has 0 saturated carbocycles. The number of aryl methyl sites for hydroxylation is 1. The topological polar surface area (TPSA) is 56.5 Å². The van der Waals surface area contributed by atoms with Gasteiger partial charge in [0.1, 0.15) is 11.3 Å². The Morgan fingerprint density at radius 1 is 1.00 bits per heavy atom. The highest BCUT2D eigenvalue weighted by molar-refractivity contribution is 6.42. The standard InChI is InChI=1S/C20H13Cl3O4/c21-14-5-4-10(6-15(14)22)17(24)9-26-19-8-18-13(7-16(19)23)11-2-1-3-12(11)20(25)27-18/h4-8H,1-3,9H2. The van der Waals surface area contributed by atoms with Crippen LogP contribution in [0.3, 0.4) is 0 Å². The zero-order valence-corrected chi connectivity index (χ0v) is 16.2. The van der Waals surface area contributed by atoms with Gasteiger partial charge in [0.25, 0.3) is 0 Å². The van der Waals surface area contributed by atoms with Crippen LogP contribution in [-0.2, 0) is 12.8 Å². The van der Waals surface area contributed by atoms with E-state index in [0.29, 0.717) is 26.2 Å². The molecule has 1 heterocycles. The maximum Gasteiger partial charge on any atom is 0.339 e. The maximum absolute atomic E-state index is 12.3. The van der Waals surface area contributed by atoms with Crippen LogP contribution in [0, 0.1) is 0 Å². The van der Waals surface area contributed by atoms with Crippen LogP contribution in [0.2, 0.25) is 15.1 Å². The number of halogens is 3. The van der Waals surface area contributed by atoms with Crippen LogP contribution in [0.1, 0.15) is 27.9 Å². The number of rotatable bonds is 4. The fourth-order valence-electron chi connectivity index (χ4n) is 3.29. The van der Waals surface area contributed by atoms with Gasteiger partial charge in [-0.25, -0.2) is 4.79 Å². The molecule has 4 rings (SSSR count). The maximum atomic E-state index is 12.3. The van der Waals surface area contributed by atoms with Gasteiger partial charge in [0.15, 0.2) is 12.4 Å². The SMILES string of the molecule is O=C(COc1cc2oc(=O)c3c(c2cc1Cl)CCC3)c1ccc(Cl)c(Cl)c1. The second-order valence-corrected chi connectivity index (χ2v) is 7.54. The van der Waals surface area contributed by atoms with Crippen molar-refractivity contribution in [3.05, 3.63) is 72.5 Å². The predicted molar refractivity (Wildman–Crippen MR) is 106 cm³/mol. The molecular formula is C20H13Cl3O4. The van der Waals surface area contributed by atoms with Crippen LogP contribution in [0.5, 0.6) is 5.75 Å². The summed E-state index contributed by atoms with van der Waals surface area (Å²) in [4.78, 5) is 24.4. The number of carbonyl (C=O) groups excluding carboxylic acids is 1. The summed E-state index contributed by atoms with van der Waals surface area (Å²) >= 11 is 18.1. The molecule has 7 heteroatoms. The van der Waals surface area contributed by atoms with Crippen molar-refractivity contribution in [2.75, 3.05) is 6.61 Å². The Morgan fingerprint density at radius 3 is 2.56 bits per heavy atom. The van der Waals surface area contributed by atoms with Crippen LogP contribution in [0.25, 0.3) is 11.0 Å². The predicted octanol–water partition coefficient (Wildman–Crippen LogP) is 5.50. The first-order valence-electron chi connectivity index (χ1n) is 8.33. The van der Waals surface area contributed by atoms with Gasteiger partial charge in [-0.15, -0.1) is 0 Å². The lowest BCUT2D eigenvalue weighted by Crippen LogP contribution is -2.12. The first kappa shape index (κ1) is 18.4. The number of ketones is 1. The van der Waals surface area contributed by atoms with E-state index in [2.05, 4.69) is 0 Å². The van der Waals surface area contributed by atoms with E-state index in [-0.39, 0.29) is 23.8 Å². The molecule has 0 saturated heterocycles. The minimum atomic E-state index is -0.324. The fraction of sp³-hybridized carbons (Fsp3) is 0.200. The molecule has 0 unspecified atom stereocenters. The molecule has 0 amide bonds. The lowest BCUT2D eigenvalue weighted by Gasteiger charge is -2.10. The number of carbonyl (C=O) groups is 1. The number of Topliss-reactive ketones (excluding diaryl/α,β-unsaturated/α-hetero) is 1. The molecule has 1 aromatic heterocycles. The van der Waals surface area contributed by atoms with Gasteiger partial charge < -0.3 is 9.15 Å². The van der Waals surface area contributed by atoms with Gasteiger partial charge in [-0.3, -0.25) is 4.79 Å². The molecule has 138 valence electrons. The monoisotopic (exact) mass is 422 g/mol. The minimum absolute atomic E-state index is 0.238. The third kappa shape index (κ3) is 3.45. The zero-order valence-electron chi connectivity index (χ0n) is 14.0. The van der Waals surface area contributed by atoms with Crippen molar-refractivity contribution in [3.8, 4) is 5.75 Å². The van der Waals surface area contributed by atoms with Gasteiger partial charge in [0.05, 0.1) is 15.1 Å². The lowest BCUT2D eigenvalue weighted by atomic mass is 10.1. The van der Waals surface area contributed by atoms with E-state index in [9.17, 15) is 9.59 Å². The molecule has 1 aliphatic rings. The highest BCUT2D eigenvalue weighted by atomic mass is 35.5. The molecule has 3 aromatic rings. The van der Waals surface area contributed by atoms with E-state index in [4.69, 9.17) is 44.0 Å². The van der Waals surface area contributed by atoms with Crippen LogP contribution >= 0.6 is 34.8 Å². The van der Waals surface area contributed by atoms with Crippen molar-refractivity contribution in [3.63, 3.8) is 0 Å². The largest absolute Gasteiger partial charge is 0.484 e. The number of hydrogen-bond acceptors (Lipinski definition) is 4. The zero-order chi connectivity index (χ0) is 19.1. The van der Waals surface area contributed by atoms with Crippen molar-refractivity contribution in [1.82, 2.24) is 0 Å². The summed E-state index contributed by atoms with van der Waals surface area (Å²) < 4.78 is 11.0. The van der Waals surface area contributed by atoms with Gasteiger partial charge in [0.2, 0.25) is 0 Å². The number of fused-ring (bicyclic) bond motifs is 3. The smallest absolute Gasteiger partial charge is 0.339 e. The summed E-state index contributed by atoms with van der Waals surface area (Å²) in [5, 5.41) is 1.83. The second-order valence-electron chi connectivity index (χ2n) is 6.32. The van der Waals surface area contributed by atoms with Gasteiger partial charge in [0, 0.05) is 22.6 Å². The number of hydrogen-bond donors (Lipinski definition) is 0.